The molecule has 5 nitrogen and oxygen atoms in total. The predicted molar refractivity (Wildman–Crippen MR) is 125 cm³/mol. The summed E-state index contributed by atoms with van der Waals surface area (Å²) in [6.45, 7) is 3.88. The van der Waals surface area contributed by atoms with Crippen LogP contribution in [0.2, 0.25) is 0 Å². The summed E-state index contributed by atoms with van der Waals surface area (Å²) in [4.78, 5) is 13.5. The lowest BCUT2D eigenvalue weighted by atomic mass is 9.91. The zero-order valence-corrected chi connectivity index (χ0v) is 18.4. The van der Waals surface area contributed by atoms with Crippen LogP contribution in [0.4, 0.5) is 11.4 Å². The Bertz CT molecular complexity index is 1200. The number of nitrogens with zero attached hydrogens (tertiary/aromatic N) is 1. The van der Waals surface area contributed by atoms with Crippen molar-refractivity contribution < 1.29 is 15.0 Å². The van der Waals surface area contributed by atoms with Gasteiger partial charge in [0.15, 0.2) is 5.78 Å². The summed E-state index contributed by atoms with van der Waals surface area (Å²) < 4.78 is 0. The number of carbonyl (C=O) groups excluding carboxylic acids is 1. The topological polar surface area (TPSA) is 86.8 Å². The van der Waals surface area contributed by atoms with Crippen molar-refractivity contribution in [2.45, 2.75) is 44.8 Å². The molecule has 2 aliphatic rings. The SMILES string of the molecule is CC1(C)C[C@@]1(O)C(O)c1ccc2c(c1)C(=O)c1ccc(N(N)c3ccccc3)cc1CC2. The van der Waals surface area contributed by atoms with E-state index in [0.717, 1.165) is 35.3 Å². The van der Waals surface area contributed by atoms with Crippen molar-refractivity contribution in [1.29, 1.82) is 0 Å². The van der Waals surface area contributed by atoms with Crippen LogP contribution in [-0.4, -0.2) is 21.6 Å². The summed E-state index contributed by atoms with van der Waals surface area (Å²) in [6, 6.07) is 20.9. The van der Waals surface area contributed by atoms with Gasteiger partial charge in [-0.25, -0.2) is 5.84 Å². The average molecular weight is 429 g/mol. The predicted octanol–water partition coefficient (Wildman–Crippen LogP) is 4.22. The first-order chi connectivity index (χ1) is 15.2. The molecule has 2 atom stereocenters. The highest BCUT2D eigenvalue weighted by molar-refractivity contribution is 6.11. The molecule has 5 heteroatoms. The quantitative estimate of drug-likeness (QED) is 0.428. The first-order valence-electron chi connectivity index (χ1n) is 11.0. The number of hydrazine groups is 1. The molecule has 2 aliphatic carbocycles. The molecule has 0 radical (unpaired) electrons. The van der Waals surface area contributed by atoms with Gasteiger partial charge in [-0.1, -0.05) is 44.2 Å². The zero-order valence-electron chi connectivity index (χ0n) is 18.4. The molecular formula is C27H28N2O3. The number of anilines is 2. The van der Waals surface area contributed by atoms with Crippen molar-refractivity contribution in [3.8, 4) is 0 Å². The van der Waals surface area contributed by atoms with E-state index in [4.69, 9.17) is 5.84 Å². The Labute approximate surface area is 188 Å². The summed E-state index contributed by atoms with van der Waals surface area (Å²) in [5.41, 5.74) is 3.97. The molecule has 0 aliphatic heterocycles. The molecule has 1 saturated carbocycles. The van der Waals surface area contributed by atoms with Gasteiger partial charge in [-0.2, -0.15) is 0 Å². The minimum absolute atomic E-state index is 0.0570. The molecule has 164 valence electrons. The van der Waals surface area contributed by atoms with E-state index in [1.807, 2.05) is 74.5 Å². The fourth-order valence-corrected chi connectivity index (χ4v) is 4.88. The van der Waals surface area contributed by atoms with Gasteiger partial charge >= 0.3 is 0 Å². The van der Waals surface area contributed by atoms with Crippen LogP contribution >= 0.6 is 0 Å². The third-order valence-electron chi connectivity index (χ3n) is 7.21. The molecule has 0 amide bonds. The number of nitrogens with two attached hydrogens (primary N) is 1. The number of benzene rings is 3. The van der Waals surface area contributed by atoms with E-state index in [-0.39, 0.29) is 11.2 Å². The Morgan fingerprint density at radius 1 is 0.906 bits per heavy atom. The second-order valence-corrected chi connectivity index (χ2v) is 9.68. The highest BCUT2D eigenvalue weighted by Crippen LogP contribution is 2.61. The van der Waals surface area contributed by atoms with E-state index in [9.17, 15) is 15.0 Å². The normalized spacial score (nSPS) is 21.8. The van der Waals surface area contributed by atoms with Gasteiger partial charge in [0.1, 0.15) is 11.7 Å². The van der Waals surface area contributed by atoms with Gasteiger partial charge in [0.2, 0.25) is 0 Å². The maximum absolute atomic E-state index is 13.5. The van der Waals surface area contributed by atoms with Gasteiger partial charge < -0.3 is 10.2 Å². The number of para-hydroxylation sites is 1. The lowest BCUT2D eigenvalue weighted by molar-refractivity contribution is -0.0260. The Morgan fingerprint density at radius 3 is 2.28 bits per heavy atom. The monoisotopic (exact) mass is 428 g/mol. The van der Waals surface area contributed by atoms with Crippen molar-refractivity contribution in [3.05, 3.63) is 94.5 Å². The Hall–Kier alpha value is -2.99. The molecule has 0 heterocycles. The van der Waals surface area contributed by atoms with Crippen LogP contribution < -0.4 is 10.9 Å². The van der Waals surface area contributed by atoms with Gasteiger partial charge in [0.25, 0.3) is 0 Å². The van der Waals surface area contributed by atoms with Gasteiger partial charge in [-0.3, -0.25) is 9.80 Å². The number of fused-ring (bicyclic) bond motifs is 2. The largest absolute Gasteiger partial charge is 0.386 e. The highest BCUT2D eigenvalue weighted by Gasteiger charge is 2.64. The smallest absolute Gasteiger partial charge is 0.193 e. The third kappa shape index (κ3) is 3.25. The summed E-state index contributed by atoms with van der Waals surface area (Å²) in [7, 11) is 0. The van der Waals surface area contributed by atoms with Gasteiger partial charge in [0, 0.05) is 11.1 Å². The van der Waals surface area contributed by atoms with Crippen LogP contribution in [0, 0.1) is 5.41 Å². The Balaban J connectivity index is 1.48. The van der Waals surface area contributed by atoms with Crippen molar-refractivity contribution in [1.82, 2.24) is 0 Å². The Morgan fingerprint density at radius 2 is 1.59 bits per heavy atom. The van der Waals surface area contributed by atoms with Gasteiger partial charge in [0.05, 0.1) is 11.4 Å². The molecular weight excluding hydrogens is 400 g/mol. The lowest BCUT2D eigenvalue weighted by Gasteiger charge is -2.22. The highest BCUT2D eigenvalue weighted by atomic mass is 16.3. The first kappa shape index (κ1) is 20.9. The number of hydrogen-bond donors (Lipinski definition) is 3. The fraction of sp³-hybridized carbons (Fsp3) is 0.296. The van der Waals surface area contributed by atoms with Crippen molar-refractivity contribution in [2.24, 2.45) is 11.3 Å². The Kier molecular flexibility index (Phi) is 4.75. The number of aliphatic hydroxyl groups is 2. The lowest BCUT2D eigenvalue weighted by Crippen LogP contribution is -2.26. The van der Waals surface area contributed by atoms with E-state index in [0.29, 0.717) is 23.1 Å². The average Bonchev–Trinajstić information content (AvgIpc) is 3.38. The first-order valence-corrected chi connectivity index (χ1v) is 11.0. The van der Waals surface area contributed by atoms with E-state index in [1.54, 1.807) is 11.1 Å². The molecule has 1 unspecified atom stereocenters. The second-order valence-electron chi connectivity index (χ2n) is 9.68. The molecule has 0 aromatic heterocycles. The van der Waals surface area contributed by atoms with Crippen LogP contribution in [0.5, 0.6) is 0 Å². The van der Waals surface area contributed by atoms with E-state index in [1.165, 1.54) is 0 Å². The second kappa shape index (κ2) is 7.27. The van der Waals surface area contributed by atoms with Crippen LogP contribution in [-0.2, 0) is 12.8 Å². The van der Waals surface area contributed by atoms with E-state index >= 15 is 0 Å². The maximum atomic E-state index is 13.5. The molecule has 3 aromatic carbocycles. The van der Waals surface area contributed by atoms with E-state index in [2.05, 4.69) is 0 Å². The molecule has 3 aromatic rings. The number of aliphatic hydroxyl groups excluding tert-OH is 1. The number of hydrogen-bond acceptors (Lipinski definition) is 5. The minimum Gasteiger partial charge on any atom is -0.386 e. The summed E-state index contributed by atoms with van der Waals surface area (Å²) >= 11 is 0. The fourth-order valence-electron chi connectivity index (χ4n) is 4.88. The number of carbonyl (C=O) groups is 1. The zero-order chi connectivity index (χ0) is 22.7. The number of aryl methyl sites for hydroxylation is 2. The van der Waals surface area contributed by atoms with Crippen molar-refractivity contribution in [2.75, 3.05) is 5.01 Å². The summed E-state index contributed by atoms with van der Waals surface area (Å²) in [5, 5.41) is 23.2. The van der Waals surface area contributed by atoms with Crippen LogP contribution in [0.25, 0.3) is 0 Å². The standard InChI is InChI=1S/C27H28N2O3/c1-26(2)16-27(26,32)25(31)19-11-9-17-8-10-18-14-21(29(28)20-6-4-3-5-7-20)12-13-22(18)24(30)23(17)15-19/h3-7,9,11-15,25,31-32H,8,10,16,28H2,1-2H3/t25?,27-/m1/s1. The molecule has 0 bridgehead atoms. The molecule has 5 rings (SSSR count). The van der Waals surface area contributed by atoms with Gasteiger partial charge in [-0.05, 0) is 77.8 Å². The van der Waals surface area contributed by atoms with Crippen LogP contribution in [0.1, 0.15) is 59.0 Å². The minimum atomic E-state index is -1.15. The third-order valence-corrected chi connectivity index (χ3v) is 7.21. The molecule has 1 fully saturated rings. The van der Waals surface area contributed by atoms with Crippen molar-refractivity contribution >= 4 is 17.2 Å². The van der Waals surface area contributed by atoms with Crippen molar-refractivity contribution in [3.63, 3.8) is 0 Å². The molecule has 0 saturated heterocycles. The molecule has 0 spiro atoms. The number of rotatable bonds is 4. The van der Waals surface area contributed by atoms with Gasteiger partial charge in [-0.15, -0.1) is 0 Å². The summed E-state index contributed by atoms with van der Waals surface area (Å²) in [6.07, 6.45) is 0.968. The maximum Gasteiger partial charge on any atom is 0.193 e. The van der Waals surface area contributed by atoms with Crippen LogP contribution in [0.15, 0.2) is 66.7 Å². The molecule has 4 N–H and O–H groups in total. The number of ketones is 1. The molecule has 32 heavy (non-hydrogen) atoms. The summed E-state index contributed by atoms with van der Waals surface area (Å²) in [5.74, 6) is 6.27. The van der Waals surface area contributed by atoms with Crippen LogP contribution in [0.3, 0.4) is 0 Å². The van der Waals surface area contributed by atoms with E-state index < -0.39 is 11.7 Å².